The Morgan fingerprint density at radius 2 is 1.85 bits per heavy atom. The van der Waals surface area contributed by atoms with E-state index in [1.165, 1.54) is 0 Å². The van der Waals surface area contributed by atoms with Crippen molar-refractivity contribution in [3.8, 4) is 5.69 Å². The third-order valence-corrected chi connectivity index (χ3v) is 4.83. The number of para-hydroxylation sites is 1. The molecule has 0 bridgehead atoms. The fourth-order valence-electron chi connectivity index (χ4n) is 3.09. The van der Waals surface area contributed by atoms with Crippen molar-refractivity contribution in [2.24, 2.45) is 0 Å². The van der Waals surface area contributed by atoms with Crippen LogP contribution >= 0.6 is 11.6 Å². The van der Waals surface area contributed by atoms with Crippen molar-refractivity contribution >= 4 is 17.5 Å². The second-order valence-electron chi connectivity index (χ2n) is 6.52. The van der Waals surface area contributed by atoms with E-state index < -0.39 is 0 Å². The molecule has 3 rings (SSSR count). The molecule has 0 radical (unpaired) electrons. The molecule has 0 aliphatic heterocycles. The Bertz CT molecular complexity index is 962. The summed E-state index contributed by atoms with van der Waals surface area (Å²) < 4.78 is 1.96. The molecule has 0 aliphatic rings. The zero-order chi connectivity index (χ0) is 18.8. The van der Waals surface area contributed by atoms with Gasteiger partial charge in [-0.2, -0.15) is 5.10 Å². The Morgan fingerprint density at radius 3 is 2.54 bits per heavy atom. The number of carbonyl (C=O) groups is 1. The van der Waals surface area contributed by atoms with Crippen LogP contribution in [0.5, 0.6) is 0 Å². The van der Waals surface area contributed by atoms with Crippen LogP contribution in [-0.2, 0) is 6.54 Å². The van der Waals surface area contributed by atoms with E-state index in [2.05, 4.69) is 19.1 Å². The van der Waals surface area contributed by atoms with Gasteiger partial charge in [-0.15, -0.1) is 0 Å². The van der Waals surface area contributed by atoms with Crippen molar-refractivity contribution in [3.63, 3.8) is 0 Å². The van der Waals surface area contributed by atoms with Gasteiger partial charge in [0.15, 0.2) is 0 Å². The summed E-state index contributed by atoms with van der Waals surface area (Å²) in [5.74, 6) is -0.0602. The normalized spacial score (nSPS) is 10.8. The number of aryl methyl sites for hydroxylation is 2. The zero-order valence-electron chi connectivity index (χ0n) is 15.5. The third kappa shape index (κ3) is 3.51. The van der Waals surface area contributed by atoms with Gasteiger partial charge in [0.05, 0.1) is 11.4 Å². The van der Waals surface area contributed by atoms with Crippen LogP contribution in [0.25, 0.3) is 5.69 Å². The smallest absolute Gasteiger partial charge is 0.253 e. The molecule has 0 saturated heterocycles. The summed E-state index contributed by atoms with van der Waals surface area (Å²) in [6.07, 6.45) is 0. The first kappa shape index (κ1) is 18.2. The molecule has 1 heterocycles. The van der Waals surface area contributed by atoms with E-state index in [1.807, 2.05) is 30.7 Å². The molecule has 134 valence electrons. The van der Waals surface area contributed by atoms with Gasteiger partial charge in [-0.05, 0) is 50.6 Å². The van der Waals surface area contributed by atoms with Gasteiger partial charge in [-0.1, -0.05) is 35.9 Å². The maximum Gasteiger partial charge on any atom is 0.253 e. The Labute approximate surface area is 159 Å². The number of halogens is 1. The molecule has 0 saturated carbocycles. The number of hydrogen-bond donors (Lipinski definition) is 0. The fourth-order valence-corrected chi connectivity index (χ4v) is 3.28. The molecule has 0 fully saturated rings. The average molecular weight is 368 g/mol. The zero-order valence-corrected chi connectivity index (χ0v) is 16.2. The van der Waals surface area contributed by atoms with E-state index >= 15 is 0 Å². The quantitative estimate of drug-likeness (QED) is 0.669. The van der Waals surface area contributed by atoms with Gasteiger partial charge < -0.3 is 4.90 Å². The van der Waals surface area contributed by atoms with E-state index in [-0.39, 0.29) is 5.91 Å². The van der Waals surface area contributed by atoms with Crippen LogP contribution in [-0.4, -0.2) is 27.6 Å². The molecule has 1 aromatic heterocycles. The summed E-state index contributed by atoms with van der Waals surface area (Å²) in [6, 6.07) is 15.2. The molecular formula is C21H22ClN3O. The lowest BCUT2D eigenvalue weighted by molar-refractivity contribution is 0.0784. The summed E-state index contributed by atoms with van der Waals surface area (Å²) in [7, 11) is 1.80. The Morgan fingerprint density at radius 1 is 1.12 bits per heavy atom. The molecular weight excluding hydrogens is 346 g/mol. The summed E-state index contributed by atoms with van der Waals surface area (Å²) in [5, 5.41) is 5.26. The van der Waals surface area contributed by atoms with E-state index in [4.69, 9.17) is 16.7 Å². The van der Waals surface area contributed by atoms with Crippen LogP contribution in [0.15, 0.2) is 48.5 Å². The van der Waals surface area contributed by atoms with Gasteiger partial charge in [0.25, 0.3) is 5.91 Å². The minimum Gasteiger partial charge on any atom is -0.337 e. The molecule has 3 aromatic rings. The molecule has 2 aromatic carbocycles. The number of hydrogen-bond acceptors (Lipinski definition) is 2. The Balaban J connectivity index is 1.89. The Hall–Kier alpha value is -2.59. The van der Waals surface area contributed by atoms with Crippen LogP contribution in [0.3, 0.4) is 0 Å². The molecule has 0 N–H and O–H groups in total. The predicted octanol–water partition coefficient (Wildman–Crippen LogP) is 4.72. The van der Waals surface area contributed by atoms with Crippen molar-refractivity contribution in [1.82, 2.24) is 14.7 Å². The minimum absolute atomic E-state index is 0.0602. The molecule has 0 spiro atoms. The maximum absolute atomic E-state index is 12.7. The first-order valence-corrected chi connectivity index (χ1v) is 8.88. The lowest BCUT2D eigenvalue weighted by Gasteiger charge is -2.18. The number of aromatic nitrogens is 2. The number of benzene rings is 2. The highest BCUT2D eigenvalue weighted by molar-refractivity contribution is 6.30. The SMILES string of the molecule is Cc1ccccc1-n1nc(C)c(CN(C)C(=O)c2cccc(Cl)c2)c1C. The minimum atomic E-state index is -0.0602. The Kier molecular flexibility index (Phi) is 5.14. The monoisotopic (exact) mass is 367 g/mol. The first-order valence-electron chi connectivity index (χ1n) is 8.50. The van der Waals surface area contributed by atoms with Gasteiger partial charge in [0, 0.05) is 35.4 Å². The lowest BCUT2D eigenvalue weighted by Crippen LogP contribution is -2.26. The molecule has 0 aliphatic carbocycles. The first-order chi connectivity index (χ1) is 12.4. The maximum atomic E-state index is 12.7. The van der Waals surface area contributed by atoms with Gasteiger partial charge >= 0.3 is 0 Å². The highest BCUT2D eigenvalue weighted by atomic mass is 35.5. The second-order valence-corrected chi connectivity index (χ2v) is 6.96. The van der Waals surface area contributed by atoms with E-state index in [0.29, 0.717) is 17.1 Å². The molecule has 1 amide bonds. The van der Waals surface area contributed by atoms with Crippen LogP contribution in [0.4, 0.5) is 0 Å². The van der Waals surface area contributed by atoms with Crippen molar-refractivity contribution in [2.75, 3.05) is 7.05 Å². The largest absolute Gasteiger partial charge is 0.337 e. The molecule has 4 nitrogen and oxygen atoms in total. The highest BCUT2D eigenvalue weighted by Gasteiger charge is 2.19. The molecule has 26 heavy (non-hydrogen) atoms. The van der Waals surface area contributed by atoms with Gasteiger partial charge in [-0.3, -0.25) is 4.79 Å². The van der Waals surface area contributed by atoms with Crippen LogP contribution in [0, 0.1) is 20.8 Å². The second kappa shape index (κ2) is 7.34. The standard InChI is InChI=1S/C21H22ClN3O/c1-14-8-5-6-11-20(14)25-16(3)19(15(2)23-25)13-24(4)21(26)17-9-7-10-18(22)12-17/h5-12H,13H2,1-4H3. The molecule has 5 heteroatoms. The fraction of sp³-hybridized carbons (Fsp3) is 0.238. The van der Waals surface area contributed by atoms with Gasteiger partial charge in [0.1, 0.15) is 0 Å². The summed E-state index contributed by atoms with van der Waals surface area (Å²) in [4.78, 5) is 14.4. The van der Waals surface area contributed by atoms with Crippen LogP contribution < -0.4 is 0 Å². The predicted molar refractivity (Wildman–Crippen MR) is 105 cm³/mol. The molecule has 0 unspecified atom stereocenters. The third-order valence-electron chi connectivity index (χ3n) is 4.60. The highest BCUT2D eigenvalue weighted by Crippen LogP contribution is 2.22. The van der Waals surface area contributed by atoms with Crippen LogP contribution in [0.1, 0.15) is 32.9 Å². The summed E-state index contributed by atoms with van der Waals surface area (Å²) >= 11 is 6.01. The van der Waals surface area contributed by atoms with Crippen LogP contribution in [0.2, 0.25) is 5.02 Å². The topological polar surface area (TPSA) is 38.1 Å². The number of rotatable bonds is 4. The van der Waals surface area contributed by atoms with Crippen molar-refractivity contribution in [3.05, 3.63) is 81.6 Å². The average Bonchev–Trinajstić information content (AvgIpc) is 2.89. The van der Waals surface area contributed by atoms with E-state index in [0.717, 1.165) is 28.2 Å². The van der Waals surface area contributed by atoms with Crippen molar-refractivity contribution < 1.29 is 4.79 Å². The van der Waals surface area contributed by atoms with Crippen molar-refractivity contribution in [2.45, 2.75) is 27.3 Å². The summed E-state index contributed by atoms with van der Waals surface area (Å²) in [6.45, 7) is 6.59. The van der Waals surface area contributed by atoms with E-state index in [1.54, 1.807) is 36.2 Å². The number of amides is 1. The lowest BCUT2D eigenvalue weighted by atomic mass is 10.1. The number of carbonyl (C=O) groups excluding carboxylic acids is 1. The van der Waals surface area contributed by atoms with Gasteiger partial charge in [-0.25, -0.2) is 4.68 Å². The molecule has 0 atom stereocenters. The van der Waals surface area contributed by atoms with E-state index in [9.17, 15) is 4.79 Å². The summed E-state index contributed by atoms with van der Waals surface area (Å²) in [5.41, 5.74) is 5.84. The van der Waals surface area contributed by atoms with Gasteiger partial charge in [0.2, 0.25) is 0 Å². The number of nitrogens with zero attached hydrogens (tertiary/aromatic N) is 3. The van der Waals surface area contributed by atoms with Crippen molar-refractivity contribution in [1.29, 1.82) is 0 Å².